The maximum Gasteiger partial charge on any atom is 0.343 e. The van der Waals surface area contributed by atoms with Gasteiger partial charge in [0, 0.05) is 29.3 Å². The number of pyridine rings is 1. The molecule has 0 amide bonds. The molecule has 0 radical (unpaired) electrons. The molecule has 6 rings (SSSR count). The third-order valence-corrected chi connectivity index (χ3v) is 6.84. The highest BCUT2D eigenvalue weighted by molar-refractivity contribution is 5.99. The summed E-state index contributed by atoms with van der Waals surface area (Å²) in [6, 6.07) is 16.6. The maximum atomic E-state index is 13.2. The van der Waals surface area contributed by atoms with Gasteiger partial charge in [-0.1, -0.05) is 36.4 Å². The summed E-state index contributed by atoms with van der Waals surface area (Å²) in [7, 11) is 4.04. The normalized spacial score (nSPS) is 12.1. The molecular formula is C30H28ClN7O3. The van der Waals surface area contributed by atoms with Gasteiger partial charge in [0.15, 0.2) is 5.65 Å². The molecular weight excluding hydrogens is 542 g/mol. The molecule has 6 aromatic rings. The quantitative estimate of drug-likeness (QED) is 0.282. The fourth-order valence-electron chi connectivity index (χ4n) is 5.14. The van der Waals surface area contributed by atoms with Crippen molar-refractivity contribution in [1.82, 2.24) is 29.6 Å². The highest BCUT2D eigenvalue weighted by atomic mass is 35.5. The number of halogens is 1. The fourth-order valence-corrected chi connectivity index (χ4v) is 5.14. The van der Waals surface area contributed by atoms with Crippen LogP contribution in [0.5, 0.6) is 5.75 Å². The predicted molar refractivity (Wildman–Crippen MR) is 161 cm³/mol. The molecule has 0 fully saturated rings. The van der Waals surface area contributed by atoms with Gasteiger partial charge in [0.05, 0.1) is 17.0 Å². The van der Waals surface area contributed by atoms with Crippen LogP contribution in [0.2, 0.25) is 0 Å². The van der Waals surface area contributed by atoms with Gasteiger partial charge < -0.3 is 20.2 Å². The lowest BCUT2D eigenvalue weighted by Gasteiger charge is -2.19. The van der Waals surface area contributed by atoms with Crippen LogP contribution in [0.15, 0.2) is 82.5 Å². The Bertz CT molecular complexity index is 1950. The zero-order chi connectivity index (χ0) is 28.0. The Morgan fingerprint density at radius 2 is 1.80 bits per heavy atom. The largest absolute Gasteiger partial charge is 0.506 e. The predicted octanol–water partition coefficient (Wildman–Crippen LogP) is 5.04. The molecule has 0 aliphatic rings. The van der Waals surface area contributed by atoms with Gasteiger partial charge >= 0.3 is 5.63 Å². The third-order valence-electron chi connectivity index (χ3n) is 6.84. The number of hydrogen-bond acceptors (Lipinski definition) is 9. The first-order valence-electron chi connectivity index (χ1n) is 12.7. The van der Waals surface area contributed by atoms with E-state index in [1.807, 2.05) is 51.4 Å². The average molecular weight is 570 g/mol. The van der Waals surface area contributed by atoms with E-state index in [1.54, 1.807) is 23.0 Å². The molecule has 10 nitrogen and oxygen atoms in total. The molecule has 41 heavy (non-hydrogen) atoms. The lowest BCUT2D eigenvalue weighted by atomic mass is 9.94. The number of anilines is 1. The molecule has 11 heteroatoms. The maximum absolute atomic E-state index is 13.2. The number of rotatable bonds is 6. The van der Waals surface area contributed by atoms with Crippen molar-refractivity contribution in [3.05, 3.63) is 95.1 Å². The zero-order valence-electron chi connectivity index (χ0n) is 22.6. The minimum Gasteiger partial charge on any atom is -0.506 e. The average Bonchev–Trinajstić information content (AvgIpc) is 3.33. The first kappa shape index (κ1) is 27.8. The van der Waals surface area contributed by atoms with Crippen molar-refractivity contribution in [2.75, 3.05) is 19.8 Å². The smallest absolute Gasteiger partial charge is 0.343 e. The summed E-state index contributed by atoms with van der Waals surface area (Å²) in [5.41, 5.74) is 10.2. The fraction of sp³-hybridized carbons (Fsp3) is 0.167. The van der Waals surface area contributed by atoms with Crippen molar-refractivity contribution in [2.24, 2.45) is 0 Å². The molecule has 208 valence electrons. The van der Waals surface area contributed by atoms with Crippen molar-refractivity contribution >= 4 is 40.0 Å². The van der Waals surface area contributed by atoms with Crippen molar-refractivity contribution in [2.45, 2.75) is 19.5 Å². The first-order valence-corrected chi connectivity index (χ1v) is 12.7. The van der Waals surface area contributed by atoms with Crippen LogP contribution in [0.3, 0.4) is 0 Å². The number of aromatic nitrogens is 5. The standard InChI is InChI=1S/C30H27N7O3.ClH/c1-17(37-29-25(28(31)33-16-34-29)26(35-37)20-12-21(38)14-32-13-20)27-24(19-8-6-7-18(11-19)15-36(2)3)22-9-4-5-10-23(22)30(39)40-27;/h4-14,16-17,38H,15H2,1-3H3,(H2,31,33,34);1H. The highest BCUT2D eigenvalue weighted by Crippen LogP contribution is 2.38. The van der Waals surface area contributed by atoms with Crippen LogP contribution in [0.4, 0.5) is 5.82 Å². The number of hydrogen-bond donors (Lipinski definition) is 2. The summed E-state index contributed by atoms with van der Waals surface area (Å²) in [5, 5.41) is 16.7. The second-order valence-electron chi connectivity index (χ2n) is 9.97. The summed E-state index contributed by atoms with van der Waals surface area (Å²) < 4.78 is 7.75. The second kappa shape index (κ2) is 11.0. The van der Waals surface area contributed by atoms with E-state index in [0.29, 0.717) is 33.4 Å². The molecule has 0 bridgehead atoms. The Kier molecular flexibility index (Phi) is 7.44. The lowest BCUT2D eigenvalue weighted by Crippen LogP contribution is -2.15. The van der Waals surface area contributed by atoms with Crippen molar-refractivity contribution in [3.8, 4) is 28.1 Å². The highest BCUT2D eigenvalue weighted by Gasteiger charge is 2.27. The van der Waals surface area contributed by atoms with Gasteiger partial charge in [-0.15, -0.1) is 12.4 Å². The first-order chi connectivity index (χ1) is 19.3. The van der Waals surface area contributed by atoms with E-state index in [1.165, 1.54) is 12.5 Å². The van der Waals surface area contributed by atoms with Gasteiger partial charge in [-0.3, -0.25) is 4.98 Å². The molecule has 2 aromatic carbocycles. The Hall–Kier alpha value is -4.80. The number of nitrogens with two attached hydrogens (primary N) is 1. The minimum absolute atomic E-state index is 0. The molecule has 1 atom stereocenters. The summed E-state index contributed by atoms with van der Waals surface area (Å²) in [6.07, 6.45) is 4.29. The van der Waals surface area contributed by atoms with Crippen LogP contribution in [0, 0.1) is 0 Å². The van der Waals surface area contributed by atoms with E-state index < -0.39 is 11.7 Å². The monoisotopic (exact) mass is 569 g/mol. The molecule has 0 aliphatic heterocycles. The Morgan fingerprint density at radius 3 is 2.56 bits per heavy atom. The number of fused-ring (bicyclic) bond motifs is 2. The van der Waals surface area contributed by atoms with Crippen LogP contribution in [-0.2, 0) is 6.54 Å². The summed E-state index contributed by atoms with van der Waals surface area (Å²) in [6.45, 7) is 2.66. The van der Waals surface area contributed by atoms with E-state index in [0.717, 1.165) is 28.6 Å². The minimum atomic E-state index is -0.569. The van der Waals surface area contributed by atoms with E-state index in [4.69, 9.17) is 15.2 Å². The lowest BCUT2D eigenvalue weighted by molar-refractivity contribution is 0.402. The van der Waals surface area contributed by atoms with Gasteiger partial charge in [0.2, 0.25) is 0 Å². The van der Waals surface area contributed by atoms with Crippen LogP contribution in [0.1, 0.15) is 24.3 Å². The van der Waals surface area contributed by atoms with Crippen molar-refractivity contribution < 1.29 is 9.52 Å². The zero-order valence-corrected chi connectivity index (χ0v) is 23.5. The second-order valence-corrected chi connectivity index (χ2v) is 9.97. The van der Waals surface area contributed by atoms with Crippen LogP contribution < -0.4 is 11.4 Å². The molecule has 0 saturated carbocycles. The van der Waals surface area contributed by atoms with Gasteiger partial charge in [0.25, 0.3) is 0 Å². The number of nitrogens with zero attached hydrogens (tertiary/aromatic N) is 6. The third kappa shape index (κ3) is 4.99. The number of aromatic hydroxyl groups is 1. The van der Waals surface area contributed by atoms with Gasteiger partial charge in [-0.2, -0.15) is 5.10 Å². The van der Waals surface area contributed by atoms with E-state index in [-0.39, 0.29) is 24.0 Å². The van der Waals surface area contributed by atoms with Crippen molar-refractivity contribution in [3.63, 3.8) is 0 Å². The molecule has 0 aliphatic carbocycles. The SMILES string of the molecule is CC(c1oc(=O)c2ccccc2c1-c1cccc(CN(C)C)c1)n1nc(-c2cncc(O)c2)c2c(N)ncnc21.Cl. The molecule has 4 heterocycles. The van der Waals surface area contributed by atoms with E-state index in [9.17, 15) is 9.90 Å². The van der Waals surface area contributed by atoms with Crippen molar-refractivity contribution in [1.29, 1.82) is 0 Å². The van der Waals surface area contributed by atoms with Crippen LogP contribution >= 0.6 is 12.4 Å². The summed E-state index contributed by atoms with van der Waals surface area (Å²) in [5.74, 6) is 0.662. The Labute approximate surface area is 241 Å². The van der Waals surface area contributed by atoms with Crippen LogP contribution in [0.25, 0.3) is 44.2 Å². The van der Waals surface area contributed by atoms with Gasteiger partial charge in [-0.05, 0) is 50.3 Å². The molecule has 3 N–H and O–H groups in total. The molecule has 4 aromatic heterocycles. The number of benzene rings is 2. The molecule has 1 unspecified atom stereocenters. The van der Waals surface area contributed by atoms with Gasteiger partial charge in [-0.25, -0.2) is 19.4 Å². The summed E-state index contributed by atoms with van der Waals surface area (Å²) in [4.78, 5) is 28.1. The molecule has 0 spiro atoms. The van der Waals surface area contributed by atoms with E-state index >= 15 is 0 Å². The van der Waals surface area contributed by atoms with E-state index in [2.05, 4.69) is 32.0 Å². The number of nitrogen functional groups attached to an aromatic ring is 1. The summed E-state index contributed by atoms with van der Waals surface area (Å²) >= 11 is 0. The van der Waals surface area contributed by atoms with Gasteiger partial charge in [0.1, 0.15) is 35.4 Å². The van der Waals surface area contributed by atoms with Crippen LogP contribution in [-0.4, -0.2) is 48.8 Å². The molecule has 0 saturated heterocycles. The Balaban J connectivity index is 0.00000337. The Morgan fingerprint density at radius 1 is 1.02 bits per heavy atom. The topological polar surface area (TPSA) is 136 Å².